The lowest BCUT2D eigenvalue weighted by atomic mass is 9.95. The van der Waals surface area contributed by atoms with E-state index in [0.29, 0.717) is 27.5 Å². The van der Waals surface area contributed by atoms with Crippen molar-refractivity contribution in [2.24, 2.45) is 0 Å². The summed E-state index contributed by atoms with van der Waals surface area (Å²) >= 11 is 1.28. The Morgan fingerprint density at radius 1 is 1.03 bits per heavy atom. The molecule has 1 aliphatic rings. The predicted octanol–water partition coefficient (Wildman–Crippen LogP) is 4.95. The number of carbonyl (C=O) groups excluding carboxylic acids is 2. The molecule has 1 unspecified atom stereocenters. The number of nitrogens with zero attached hydrogens (tertiary/aromatic N) is 2. The highest BCUT2D eigenvalue weighted by atomic mass is 32.1. The summed E-state index contributed by atoms with van der Waals surface area (Å²) in [6.45, 7) is 1.96. The number of thiazole rings is 1. The summed E-state index contributed by atoms with van der Waals surface area (Å²) in [5.41, 5.74) is 2.41. The third-order valence-corrected chi connectivity index (χ3v) is 7.06. The fourth-order valence-electron chi connectivity index (χ4n) is 4.26. The van der Waals surface area contributed by atoms with Gasteiger partial charge in [0.05, 0.1) is 36.1 Å². The number of aliphatic hydroxyl groups excluding tert-OH is 1. The minimum atomic E-state index is -1.01. The molecule has 5 rings (SSSR count). The number of anilines is 1. The molecule has 1 saturated heterocycles. The van der Waals surface area contributed by atoms with E-state index in [1.165, 1.54) is 42.6 Å². The van der Waals surface area contributed by atoms with Crippen molar-refractivity contribution in [3.8, 4) is 17.2 Å². The van der Waals surface area contributed by atoms with Crippen LogP contribution in [-0.2, 0) is 9.59 Å². The van der Waals surface area contributed by atoms with E-state index < -0.39 is 17.7 Å². The Balaban J connectivity index is 1.75. The van der Waals surface area contributed by atoms with Gasteiger partial charge in [-0.3, -0.25) is 14.5 Å². The van der Waals surface area contributed by atoms with Crippen LogP contribution in [0.4, 0.5) is 5.13 Å². The number of phenolic OH excluding ortho intramolecular Hbond substituents is 1. The summed E-state index contributed by atoms with van der Waals surface area (Å²) in [6.07, 6.45) is 0. The maximum atomic E-state index is 13.4. The molecule has 4 aromatic rings. The van der Waals surface area contributed by atoms with Crippen LogP contribution in [0, 0.1) is 6.92 Å². The number of aromatic nitrogens is 1. The molecule has 2 N–H and O–H groups in total. The molecule has 8 nitrogen and oxygen atoms in total. The zero-order valence-corrected chi connectivity index (χ0v) is 20.5. The molecule has 1 aromatic heterocycles. The summed E-state index contributed by atoms with van der Waals surface area (Å²) in [6, 6.07) is 15.9. The number of benzene rings is 3. The van der Waals surface area contributed by atoms with Crippen LogP contribution in [0.1, 0.15) is 22.7 Å². The monoisotopic (exact) mass is 502 g/mol. The van der Waals surface area contributed by atoms with E-state index >= 15 is 0 Å². The van der Waals surface area contributed by atoms with Crippen molar-refractivity contribution in [1.82, 2.24) is 4.98 Å². The molecule has 182 valence electrons. The number of hydrogen-bond donors (Lipinski definition) is 2. The minimum absolute atomic E-state index is 0.0959. The van der Waals surface area contributed by atoms with Crippen LogP contribution >= 0.6 is 11.3 Å². The molecule has 1 aliphatic heterocycles. The second-order valence-corrected chi connectivity index (χ2v) is 9.31. The zero-order chi connectivity index (χ0) is 25.6. The number of ether oxygens (including phenoxy) is 2. The third kappa shape index (κ3) is 3.83. The number of carbonyl (C=O) groups is 2. The first kappa shape index (κ1) is 23.4. The first-order valence-corrected chi connectivity index (χ1v) is 11.8. The molecule has 1 amide bonds. The zero-order valence-electron chi connectivity index (χ0n) is 19.7. The number of Topliss-reactive ketones (excluding diaryl/α,β-unsaturated/α-hetero) is 1. The summed E-state index contributed by atoms with van der Waals surface area (Å²) < 4.78 is 11.4. The molecular weight excluding hydrogens is 480 g/mol. The highest BCUT2D eigenvalue weighted by Crippen LogP contribution is 2.45. The van der Waals surface area contributed by atoms with E-state index in [0.717, 1.165) is 10.3 Å². The Morgan fingerprint density at radius 2 is 1.83 bits per heavy atom. The highest BCUT2D eigenvalue weighted by Gasteiger charge is 2.48. The van der Waals surface area contributed by atoms with Gasteiger partial charge in [0, 0.05) is 5.56 Å². The second kappa shape index (κ2) is 9.01. The van der Waals surface area contributed by atoms with Gasteiger partial charge in [0.2, 0.25) is 0 Å². The van der Waals surface area contributed by atoms with Gasteiger partial charge in [-0.2, -0.15) is 0 Å². The normalized spacial score (nSPS) is 17.1. The molecule has 9 heteroatoms. The third-order valence-electron chi connectivity index (χ3n) is 6.05. The van der Waals surface area contributed by atoms with Gasteiger partial charge in [-0.15, -0.1) is 0 Å². The van der Waals surface area contributed by atoms with E-state index in [1.54, 1.807) is 30.3 Å². The number of hydrogen-bond acceptors (Lipinski definition) is 8. The van der Waals surface area contributed by atoms with Crippen molar-refractivity contribution >= 4 is 44.1 Å². The van der Waals surface area contributed by atoms with Gasteiger partial charge in [-0.1, -0.05) is 35.6 Å². The predicted molar refractivity (Wildman–Crippen MR) is 137 cm³/mol. The largest absolute Gasteiger partial charge is 0.507 e. The van der Waals surface area contributed by atoms with E-state index in [-0.39, 0.29) is 22.8 Å². The average Bonchev–Trinajstić information content (AvgIpc) is 3.41. The Morgan fingerprint density at radius 3 is 2.58 bits per heavy atom. The van der Waals surface area contributed by atoms with Crippen LogP contribution in [-0.4, -0.2) is 41.1 Å². The van der Waals surface area contributed by atoms with Crippen LogP contribution in [0.25, 0.3) is 16.0 Å². The lowest BCUT2D eigenvalue weighted by Crippen LogP contribution is -2.29. The minimum Gasteiger partial charge on any atom is -0.507 e. The van der Waals surface area contributed by atoms with E-state index in [4.69, 9.17) is 9.47 Å². The molecule has 0 spiro atoms. The molecule has 0 saturated carbocycles. The molecule has 36 heavy (non-hydrogen) atoms. The fourth-order valence-corrected chi connectivity index (χ4v) is 5.35. The van der Waals surface area contributed by atoms with Gasteiger partial charge in [0.25, 0.3) is 5.78 Å². The smallest absolute Gasteiger partial charge is 0.301 e. The number of rotatable bonds is 5. The fraction of sp³-hybridized carbons (Fsp3) is 0.148. The number of methoxy groups -OCH3 is 2. The highest BCUT2D eigenvalue weighted by molar-refractivity contribution is 7.22. The number of phenols is 1. The van der Waals surface area contributed by atoms with Crippen LogP contribution in [0.5, 0.6) is 17.2 Å². The lowest BCUT2D eigenvalue weighted by molar-refractivity contribution is -0.132. The van der Waals surface area contributed by atoms with Crippen LogP contribution in [0.3, 0.4) is 0 Å². The van der Waals surface area contributed by atoms with Crippen LogP contribution < -0.4 is 14.4 Å². The van der Waals surface area contributed by atoms with Crippen molar-refractivity contribution in [3.63, 3.8) is 0 Å². The molecule has 1 atom stereocenters. The van der Waals surface area contributed by atoms with Crippen molar-refractivity contribution in [2.45, 2.75) is 13.0 Å². The van der Waals surface area contributed by atoms with Crippen molar-refractivity contribution < 1.29 is 29.3 Å². The van der Waals surface area contributed by atoms with Crippen molar-refractivity contribution in [1.29, 1.82) is 0 Å². The average molecular weight is 503 g/mol. The van der Waals surface area contributed by atoms with Crippen LogP contribution in [0.15, 0.2) is 66.2 Å². The molecule has 0 radical (unpaired) electrons. The molecular formula is C27H22N2O6S. The molecule has 3 aromatic carbocycles. The van der Waals surface area contributed by atoms with Gasteiger partial charge < -0.3 is 19.7 Å². The van der Waals surface area contributed by atoms with Gasteiger partial charge in [0.1, 0.15) is 11.5 Å². The molecule has 1 fully saturated rings. The van der Waals surface area contributed by atoms with E-state index in [2.05, 4.69) is 4.98 Å². The number of amides is 1. The molecule has 0 aliphatic carbocycles. The Hall–Kier alpha value is -4.37. The maximum absolute atomic E-state index is 13.4. The van der Waals surface area contributed by atoms with E-state index in [9.17, 15) is 19.8 Å². The number of aromatic hydroxyl groups is 1. The quantitative estimate of drug-likeness (QED) is 0.226. The second-order valence-electron chi connectivity index (χ2n) is 8.30. The van der Waals surface area contributed by atoms with Gasteiger partial charge in [0.15, 0.2) is 16.6 Å². The first-order valence-electron chi connectivity index (χ1n) is 11.0. The number of ketones is 1. The SMILES string of the molecule is COc1cccc(/C(O)=C2\C(=O)C(=O)N(c3nc4ccc(C)cc4s3)C2c2ccc(O)c(OC)c2)c1. The van der Waals surface area contributed by atoms with Crippen molar-refractivity contribution in [3.05, 3.63) is 82.9 Å². The van der Waals surface area contributed by atoms with Crippen molar-refractivity contribution in [2.75, 3.05) is 19.1 Å². The lowest BCUT2D eigenvalue weighted by Gasteiger charge is -2.23. The number of aliphatic hydroxyl groups is 1. The molecule has 2 heterocycles. The maximum Gasteiger partial charge on any atom is 0.301 e. The Kier molecular flexibility index (Phi) is 5.85. The van der Waals surface area contributed by atoms with Crippen LogP contribution in [0.2, 0.25) is 0 Å². The molecule has 0 bridgehead atoms. The number of aryl methyl sites for hydroxylation is 1. The van der Waals surface area contributed by atoms with E-state index in [1.807, 2.05) is 25.1 Å². The standard InChI is InChI=1S/C27H22N2O6S/c1-14-7-9-18-21(11-14)36-27(28-18)29-23(15-8-10-19(30)20(13-15)35-3)22(25(32)26(29)33)24(31)16-5-4-6-17(12-16)34-2/h4-13,23,30-31H,1-3H3/b24-22+. The summed E-state index contributed by atoms with van der Waals surface area (Å²) in [7, 11) is 2.90. The summed E-state index contributed by atoms with van der Waals surface area (Å²) in [5, 5.41) is 21.8. The first-order chi connectivity index (χ1) is 17.3. The topological polar surface area (TPSA) is 109 Å². The summed E-state index contributed by atoms with van der Waals surface area (Å²) in [4.78, 5) is 32.7. The Labute approximate surface area is 210 Å². The van der Waals surface area contributed by atoms with Gasteiger partial charge >= 0.3 is 5.91 Å². The number of fused-ring (bicyclic) bond motifs is 1. The summed E-state index contributed by atoms with van der Waals surface area (Å²) in [5.74, 6) is -1.45. The van der Waals surface area contributed by atoms with Gasteiger partial charge in [-0.25, -0.2) is 4.98 Å². The van der Waals surface area contributed by atoms with Gasteiger partial charge in [-0.05, 0) is 54.4 Å². The Bertz CT molecular complexity index is 1560.